The molecule has 3 rings (SSSR count). The van der Waals surface area contributed by atoms with Gasteiger partial charge in [0.05, 0.1) is 7.11 Å². The summed E-state index contributed by atoms with van der Waals surface area (Å²) < 4.78 is 28.6. The number of fused-ring (bicyclic) bond motifs is 1. The Kier molecular flexibility index (Phi) is 4.28. The van der Waals surface area contributed by atoms with Gasteiger partial charge in [-0.05, 0) is 13.8 Å². The first-order valence-electron chi connectivity index (χ1n) is 7.44. The molecule has 2 aliphatic rings. The molecule has 2 aliphatic heterocycles. The van der Waals surface area contributed by atoms with Crippen molar-refractivity contribution < 1.29 is 33.3 Å². The molecule has 0 bridgehead atoms. The second-order valence-corrected chi connectivity index (χ2v) is 5.97. The van der Waals surface area contributed by atoms with Crippen LogP contribution in [0, 0.1) is 0 Å². The van der Waals surface area contributed by atoms with E-state index < -0.39 is 42.3 Å². The fraction of sp³-hybridized carbons (Fsp3) is 0.714. The summed E-state index contributed by atoms with van der Waals surface area (Å²) in [7, 11) is 1.25. The quantitative estimate of drug-likeness (QED) is 0.701. The summed E-state index contributed by atoms with van der Waals surface area (Å²) in [6.07, 6.45) is -0.737. The highest BCUT2D eigenvalue weighted by Crippen LogP contribution is 2.42. The third-order valence-corrected chi connectivity index (χ3v) is 3.71. The maximum absolute atomic E-state index is 11.5. The van der Waals surface area contributed by atoms with E-state index in [4.69, 9.17) is 18.9 Å². The number of methoxy groups -OCH3 is 1. The molecule has 1 aromatic rings. The second kappa shape index (κ2) is 6.11. The molecule has 2 saturated heterocycles. The van der Waals surface area contributed by atoms with Crippen molar-refractivity contribution in [1.29, 1.82) is 0 Å². The number of aromatic nitrogens is 3. The molecule has 0 unspecified atom stereocenters. The van der Waals surface area contributed by atoms with Gasteiger partial charge in [0.25, 0.3) is 5.82 Å². The first-order chi connectivity index (χ1) is 11.3. The zero-order chi connectivity index (χ0) is 17.5. The molecule has 4 atom stereocenters. The van der Waals surface area contributed by atoms with Crippen LogP contribution in [0.4, 0.5) is 0 Å². The molecule has 0 aliphatic carbocycles. The van der Waals surface area contributed by atoms with Crippen LogP contribution in [0.1, 0.15) is 37.6 Å². The first kappa shape index (κ1) is 16.8. The van der Waals surface area contributed by atoms with E-state index >= 15 is 0 Å². The van der Waals surface area contributed by atoms with E-state index in [-0.39, 0.29) is 12.4 Å². The van der Waals surface area contributed by atoms with Crippen molar-refractivity contribution in [2.75, 3.05) is 13.7 Å². The lowest BCUT2D eigenvalue weighted by molar-refractivity contribution is -0.203. The Morgan fingerprint density at radius 3 is 2.71 bits per heavy atom. The number of esters is 2. The highest BCUT2D eigenvalue weighted by atomic mass is 16.8. The lowest BCUT2D eigenvalue weighted by atomic mass is 10.1. The third-order valence-electron chi connectivity index (χ3n) is 3.71. The smallest absolute Gasteiger partial charge is 0.377 e. The van der Waals surface area contributed by atoms with E-state index in [1.54, 1.807) is 13.8 Å². The number of carbonyl (C=O) groups is 2. The van der Waals surface area contributed by atoms with E-state index in [0.29, 0.717) is 0 Å². The molecule has 0 saturated carbocycles. The van der Waals surface area contributed by atoms with Crippen LogP contribution >= 0.6 is 0 Å². The van der Waals surface area contributed by atoms with E-state index in [1.807, 2.05) is 0 Å². The van der Waals surface area contributed by atoms with Gasteiger partial charge < -0.3 is 23.7 Å². The standard InChI is InChI=1S/C14H19N3O7/c1-7(18)21-5-8-9-10(24-14(2,3)23-9)12(22-8)17-6-15-11(16-17)13(19)20-4/h6,8-10,12H,5H2,1-4H3/t8-,9+,10+,12+/m0/s1. The molecule has 24 heavy (non-hydrogen) atoms. The number of nitrogens with zero attached hydrogens (tertiary/aromatic N) is 3. The van der Waals surface area contributed by atoms with Crippen LogP contribution in [-0.2, 0) is 28.5 Å². The molecule has 132 valence electrons. The van der Waals surface area contributed by atoms with Gasteiger partial charge in [-0.1, -0.05) is 0 Å². The zero-order valence-corrected chi connectivity index (χ0v) is 13.8. The summed E-state index contributed by atoms with van der Waals surface area (Å²) in [6, 6.07) is 0. The number of rotatable bonds is 4. The van der Waals surface area contributed by atoms with Gasteiger partial charge in [-0.3, -0.25) is 4.79 Å². The normalized spacial score (nSPS) is 30.8. The average Bonchev–Trinajstić information content (AvgIpc) is 3.17. The average molecular weight is 341 g/mol. The molecular weight excluding hydrogens is 322 g/mol. The molecule has 10 heteroatoms. The van der Waals surface area contributed by atoms with Crippen molar-refractivity contribution >= 4 is 11.9 Å². The Morgan fingerprint density at radius 2 is 2.04 bits per heavy atom. The largest absolute Gasteiger partial charge is 0.463 e. The Balaban J connectivity index is 1.81. The number of ether oxygens (including phenoxy) is 5. The van der Waals surface area contributed by atoms with Crippen LogP contribution < -0.4 is 0 Å². The van der Waals surface area contributed by atoms with Crippen molar-refractivity contribution in [3.63, 3.8) is 0 Å². The van der Waals surface area contributed by atoms with Gasteiger partial charge in [0.2, 0.25) is 0 Å². The van der Waals surface area contributed by atoms with Gasteiger partial charge >= 0.3 is 11.9 Å². The van der Waals surface area contributed by atoms with Crippen LogP contribution in [0.5, 0.6) is 0 Å². The molecule has 1 aromatic heterocycles. The van der Waals surface area contributed by atoms with Gasteiger partial charge in [-0.2, -0.15) is 0 Å². The van der Waals surface area contributed by atoms with Crippen molar-refractivity contribution in [1.82, 2.24) is 14.8 Å². The fourth-order valence-electron chi connectivity index (χ4n) is 2.79. The molecule has 10 nitrogen and oxygen atoms in total. The van der Waals surface area contributed by atoms with E-state index in [9.17, 15) is 9.59 Å². The second-order valence-electron chi connectivity index (χ2n) is 5.97. The minimum atomic E-state index is -0.808. The lowest BCUT2D eigenvalue weighted by Crippen LogP contribution is -2.33. The first-order valence-corrected chi connectivity index (χ1v) is 7.44. The number of hydrogen-bond acceptors (Lipinski definition) is 9. The van der Waals surface area contributed by atoms with Crippen molar-refractivity contribution in [3.8, 4) is 0 Å². The molecule has 0 aromatic carbocycles. The predicted octanol–water partition coefficient (Wildman–Crippen LogP) is 0.0453. The minimum absolute atomic E-state index is 0.0327. The number of carbonyl (C=O) groups excluding carboxylic acids is 2. The SMILES string of the molecule is COC(=O)c1ncn([C@@H]2O[C@@H](COC(C)=O)[C@H]3OC(C)(C)O[C@H]32)n1. The molecule has 0 amide bonds. The summed E-state index contributed by atoms with van der Waals surface area (Å²) >= 11 is 0. The van der Waals surface area contributed by atoms with Crippen molar-refractivity contribution in [3.05, 3.63) is 12.2 Å². The van der Waals surface area contributed by atoms with E-state index in [2.05, 4.69) is 14.8 Å². The van der Waals surface area contributed by atoms with Gasteiger partial charge in [0, 0.05) is 6.92 Å². The van der Waals surface area contributed by atoms with Crippen LogP contribution in [0.3, 0.4) is 0 Å². The van der Waals surface area contributed by atoms with Crippen molar-refractivity contribution in [2.45, 2.75) is 51.1 Å². The third kappa shape index (κ3) is 3.12. The Hall–Kier alpha value is -2.04. The van der Waals surface area contributed by atoms with Crippen LogP contribution in [0.15, 0.2) is 6.33 Å². The Morgan fingerprint density at radius 1 is 1.33 bits per heavy atom. The molecule has 2 fully saturated rings. The molecule has 3 heterocycles. The van der Waals surface area contributed by atoms with E-state index in [0.717, 1.165) is 0 Å². The monoisotopic (exact) mass is 341 g/mol. The maximum Gasteiger partial charge on any atom is 0.377 e. The van der Waals surface area contributed by atoms with Crippen LogP contribution in [0.25, 0.3) is 0 Å². The van der Waals surface area contributed by atoms with Crippen LogP contribution in [0.2, 0.25) is 0 Å². The highest BCUT2D eigenvalue weighted by Gasteiger charge is 2.56. The topological polar surface area (TPSA) is 111 Å². The Bertz CT molecular complexity index is 644. The lowest BCUT2D eigenvalue weighted by Gasteiger charge is -2.23. The maximum atomic E-state index is 11.5. The molecule has 0 radical (unpaired) electrons. The Labute approximate surface area is 138 Å². The molecular formula is C14H19N3O7. The summed E-state index contributed by atoms with van der Waals surface area (Å²) in [6.45, 7) is 4.92. The highest BCUT2D eigenvalue weighted by molar-refractivity contribution is 5.84. The fourth-order valence-corrected chi connectivity index (χ4v) is 2.79. The van der Waals surface area contributed by atoms with Gasteiger partial charge in [0.1, 0.15) is 31.2 Å². The predicted molar refractivity (Wildman–Crippen MR) is 75.7 cm³/mol. The van der Waals surface area contributed by atoms with Gasteiger partial charge in [0.15, 0.2) is 12.0 Å². The minimum Gasteiger partial charge on any atom is -0.463 e. The summed E-state index contributed by atoms with van der Waals surface area (Å²) in [5.74, 6) is -1.95. The summed E-state index contributed by atoms with van der Waals surface area (Å²) in [5.41, 5.74) is 0. The molecule has 0 N–H and O–H groups in total. The number of hydrogen-bond donors (Lipinski definition) is 0. The summed E-state index contributed by atoms with van der Waals surface area (Å²) in [4.78, 5) is 26.5. The van der Waals surface area contributed by atoms with Gasteiger partial charge in [-0.25, -0.2) is 14.5 Å². The van der Waals surface area contributed by atoms with Crippen molar-refractivity contribution in [2.24, 2.45) is 0 Å². The van der Waals surface area contributed by atoms with Gasteiger partial charge in [-0.15, -0.1) is 5.10 Å². The van der Waals surface area contributed by atoms with E-state index in [1.165, 1.54) is 25.0 Å². The zero-order valence-electron chi connectivity index (χ0n) is 13.8. The molecule has 0 spiro atoms. The van der Waals surface area contributed by atoms with Crippen LogP contribution in [-0.4, -0.2) is 64.5 Å². The summed E-state index contributed by atoms with van der Waals surface area (Å²) in [5, 5.41) is 4.06.